The lowest BCUT2D eigenvalue weighted by atomic mass is 10.00. The SMILES string of the molecule is CCc1cc(C)cc(CC)c1NC(=S)NCCC(C)CC. The molecular formula is C18H30N2S. The molecule has 0 saturated heterocycles. The first-order valence-electron chi connectivity index (χ1n) is 8.18. The largest absolute Gasteiger partial charge is 0.362 e. The predicted molar refractivity (Wildman–Crippen MR) is 98.2 cm³/mol. The molecule has 1 aromatic rings. The minimum absolute atomic E-state index is 0.742. The molecule has 0 spiro atoms. The number of rotatable bonds is 7. The van der Waals surface area contributed by atoms with Crippen LogP contribution in [0.3, 0.4) is 0 Å². The van der Waals surface area contributed by atoms with E-state index in [0.29, 0.717) is 0 Å². The summed E-state index contributed by atoms with van der Waals surface area (Å²) in [5, 5.41) is 7.50. The molecule has 0 amide bonds. The average Bonchev–Trinajstić information content (AvgIpc) is 2.48. The number of anilines is 1. The molecule has 0 aliphatic heterocycles. The van der Waals surface area contributed by atoms with Gasteiger partial charge in [-0.15, -0.1) is 0 Å². The number of aryl methyl sites for hydroxylation is 3. The minimum Gasteiger partial charge on any atom is -0.362 e. The zero-order valence-electron chi connectivity index (χ0n) is 14.2. The van der Waals surface area contributed by atoms with Crippen molar-refractivity contribution in [1.82, 2.24) is 5.32 Å². The van der Waals surface area contributed by atoms with Gasteiger partial charge in [0.05, 0.1) is 0 Å². The Morgan fingerprint density at radius 3 is 2.19 bits per heavy atom. The van der Waals surface area contributed by atoms with Crippen molar-refractivity contribution < 1.29 is 0 Å². The van der Waals surface area contributed by atoms with Gasteiger partial charge in [0, 0.05) is 12.2 Å². The van der Waals surface area contributed by atoms with Gasteiger partial charge in [-0.05, 0) is 55.4 Å². The third-order valence-corrected chi connectivity index (χ3v) is 4.31. The molecule has 2 nitrogen and oxygen atoms in total. The highest BCUT2D eigenvalue weighted by atomic mass is 32.1. The smallest absolute Gasteiger partial charge is 0.170 e. The quantitative estimate of drug-likeness (QED) is 0.705. The molecule has 0 fully saturated rings. The van der Waals surface area contributed by atoms with Crippen LogP contribution < -0.4 is 10.6 Å². The Hall–Kier alpha value is -1.09. The van der Waals surface area contributed by atoms with E-state index in [4.69, 9.17) is 12.2 Å². The molecule has 1 aromatic carbocycles. The highest BCUT2D eigenvalue weighted by Crippen LogP contribution is 2.24. The molecule has 3 heteroatoms. The summed E-state index contributed by atoms with van der Waals surface area (Å²) >= 11 is 5.45. The monoisotopic (exact) mass is 306 g/mol. The van der Waals surface area contributed by atoms with Crippen LogP contribution >= 0.6 is 12.2 Å². The van der Waals surface area contributed by atoms with Crippen LogP contribution in [0.15, 0.2) is 12.1 Å². The van der Waals surface area contributed by atoms with Crippen LogP contribution in [0.2, 0.25) is 0 Å². The van der Waals surface area contributed by atoms with Crippen molar-refractivity contribution in [1.29, 1.82) is 0 Å². The second-order valence-corrected chi connectivity index (χ2v) is 6.26. The van der Waals surface area contributed by atoms with Gasteiger partial charge in [0.2, 0.25) is 0 Å². The topological polar surface area (TPSA) is 24.1 Å². The number of hydrogen-bond acceptors (Lipinski definition) is 1. The van der Waals surface area contributed by atoms with E-state index in [1.54, 1.807) is 0 Å². The fourth-order valence-electron chi connectivity index (χ4n) is 2.45. The Morgan fingerprint density at radius 2 is 1.71 bits per heavy atom. The molecule has 1 atom stereocenters. The Balaban J connectivity index is 2.71. The summed E-state index contributed by atoms with van der Waals surface area (Å²) in [5.74, 6) is 0.747. The zero-order valence-corrected chi connectivity index (χ0v) is 15.0. The molecule has 0 aliphatic rings. The van der Waals surface area contributed by atoms with Crippen LogP contribution in [0.1, 0.15) is 57.2 Å². The van der Waals surface area contributed by atoms with E-state index in [-0.39, 0.29) is 0 Å². The Kier molecular flexibility index (Phi) is 7.73. The standard InChI is InChI=1S/C18H30N2S/c1-6-13(4)9-10-19-18(21)20-17-15(7-2)11-14(5)12-16(17)8-3/h11-13H,6-10H2,1-5H3,(H2,19,20,21). The van der Waals surface area contributed by atoms with E-state index >= 15 is 0 Å². The van der Waals surface area contributed by atoms with Gasteiger partial charge in [-0.1, -0.05) is 51.8 Å². The lowest BCUT2D eigenvalue weighted by molar-refractivity contribution is 0.513. The molecule has 0 aromatic heterocycles. The van der Waals surface area contributed by atoms with Crippen molar-refractivity contribution in [2.75, 3.05) is 11.9 Å². The normalized spacial score (nSPS) is 12.0. The van der Waals surface area contributed by atoms with Gasteiger partial charge < -0.3 is 10.6 Å². The van der Waals surface area contributed by atoms with Gasteiger partial charge >= 0.3 is 0 Å². The summed E-state index contributed by atoms with van der Waals surface area (Å²) in [6.45, 7) is 12.0. The van der Waals surface area contributed by atoms with Crippen molar-refractivity contribution in [2.45, 2.75) is 60.3 Å². The highest BCUT2D eigenvalue weighted by Gasteiger charge is 2.09. The second-order valence-electron chi connectivity index (χ2n) is 5.85. The van der Waals surface area contributed by atoms with Crippen molar-refractivity contribution in [3.8, 4) is 0 Å². The average molecular weight is 307 g/mol. The first kappa shape index (κ1) is 18.0. The second kappa shape index (κ2) is 9.04. The lowest BCUT2D eigenvalue weighted by Gasteiger charge is -2.18. The zero-order chi connectivity index (χ0) is 15.8. The van der Waals surface area contributed by atoms with Gasteiger partial charge in [0.1, 0.15) is 0 Å². The van der Waals surface area contributed by atoms with E-state index in [0.717, 1.165) is 36.8 Å². The summed E-state index contributed by atoms with van der Waals surface area (Å²) in [7, 11) is 0. The van der Waals surface area contributed by atoms with Crippen LogP contribution in [0.4, 0.5) is 5.69 Å². The minimum atomic E-state index is 0.742. The van der Waals surface area contributed by atoms with Gasteiger partial charge in [0.25, 0.3) is 0 Å². The molecule has 0 aliphatic carbocycles. The summed E-state index contributed by atoms with van der Waals surface area (Å²) in [5.41, 5.74) is 5.22. The maximum absolute atomic E-state index is 5.45. The molecule has 0 saturated carbocycles. The van der Waals surface area contributed by atoms with Gasteiger partial charge in [0.15, 0.2) is 5.11 Å². The molecular weight excluding hydrogens is 276 g/mol. The molecule has 0 heterocycles. The summed E-state index contributed by atoms with van der Waals surface area (Å²) in [4.78, 5) is 0. The lowest BCUT2D eigenvalue weighted by Crippen LogP contribution is -2.30. The van der Waals surface area contributed by atoms with Crippen LogP contribution in [-0.2, 0) is 12.8 Å². The fraction of sp³-hybridized carbons (Fsp3) is 0.611. The first-order chi connectivity index (χ1) is 10.0. The number of nitrogens with one attached hydrogen (secondary N) is 2. The number of hydrogen-bond donors (Lipinski definition) is 2. The first-order valence-corrected chi connectivity index (χ1v) is 8.59. The molecule has 2 N–H and O–H groups in total. The molecule has 21 heavy (non-hydrogen) atoms. The summed E-state index contributed by atoms with van der Waals surface area (Å²) in [6, 6.07) is 4.51. The van der Waals surface area contributed by atoms with E-state index in [1.165, 1.54) is 28.8 Å². The van der Waals surface area contributed by atoms with Crippen molar-refractivity contribution in [2.24, 2.45) is 5.92 Å². The van der Waals surface area contributed by atoms with Crippen LogP contribution in [-0.4, -0.2) is 11.7 Å². The Bertz CT molecular complexity index is 443. The van der Waals surface area contributed by atoms with Crippen LogP contribution in [0.25, 0.3) is 0 Å². The van der Waals surface area contributed by atoms with E-state index in [2.05, 4.69) is 57.4 Å². The Labute approximate surface area is 135 Å². The third kappa shape index (κ3) is 5.66. The maximum Gasteiger partial charge on any atom is 0.170 e. The predicted octanol–water partition coefficient (Wildman–Crippen LogP) is 4.84. The van der Waals surface area contributed by atoms with Gasteiger partial charge in [-0.3, -0.25) is 0 Å². The summed E-state index contributed by atoms with van der Waals surface area (Å²) in [6.07, 6.45) is 4.42. The molecule has 118 valence electrons. The van der Waals surface area contributed by atoms with E-state index in [9.17, 15) is 0 Å². The number of benzene rings is 1. The van der Waals surface area contributed by atoms with Crippen molar-refractivity contribution in [3.63, 3.8) is 0 Å². The van der Waals surface area contributed by atoms with Gasteiger partial charge in [-0.2, -0.15) is 0 Å². The third-order valence-electron chi connectivity index (χ3n) is 4.07. The Morgan fingerprint density at radius 1 is 1.14 bits per heavy atom. The van der Waals surface area contributed by atoms with Crippen LogP contribution in [0.5, 0.6) is 0 Å². The fourth-order valence-corrected chi connectivity index (χ4v) is 2.66. The van der Waals surface area contributed by atoms with E-state index < -0.39 is 0 Å². The summed E-state index contributed by atoms with van der Waals surface area (Å²) < 4.78 is 0. The van der Waals surface area contributed by atoms with Gasteiger partial charge in [-0.25, -0.2) is 0 Å². The van der Waals surface area contributed by atoms with Crippen molar-refractivity contribution >= 4 is 23.0 Å². The number of thiocarbonyl (C=S) groups is 1. The maximum atomic E-state index is 5.45. The highest BCUT2D eigenvalue weighted by molar-refractivity contribution is 7.80. The van der Waals surface area contributed by atoms with E-state index in [1.807, 2.05) is 0 Å². The van der Waals surface area contributed by atoms with Crippen LogP contribution in [0, 0.1) is 12.8 Å². The van der Waals surface area contributed by atoms with Crippen molar-refractivity contribution in [3.05, 3.63) is 28.8 Å². The molecule has 1 unspecified atom stereocenters. The molecule has 1 rings (SSSR count). The molecule has 0 bridgehead atoms. The molecule has 0 radical (unpaired) electrons.